The first-order chi connectivity index (χ1) is 27.8. The second-order valence-electron chi connectivity index (χ2n) is 14.5. The Morgan fingerprint density at radius 1 is 0.357 bits per heavy atom. The topological polar surface area (TPSA) is 38.9 Å². The number of hydrogen-bond acceptors (Lipinski definition) is 3. The second-order valence-corrected chi connectivity index (χ2v) is 14.5. The summed E-state index contributed by atoms with van der Waals surface area (Å²) in [6, 6.07) is 73.3. The van der Waals surface area contributed by atoms with Crippen molar-refractivity contribution in [1.29, 1.82) is 0 Å². The van der Waals surface area contributed by atoms with E-state index in [1.54, 1.807) is 0 Å². The van der Waals surface area contributed by atoms with E-state index in [2.05, 4.69) is 170 Å². The van der Waals surface area contributed by atoms with Gasteiger partial charge in [0.05, 0.1) is 16.8 Å². The van der Waals surface area contributed by atoms with E-state index < -0.39 is 5.41 Å². The lowest BCUT2D eigenvalue weighted by molar-refractivity contribution is 0.669. The fourth-order valence-corrected chi connectivity index (χ4v) is 8.92. The van der Waals surface area contributed by atoms with Crippen LogP contribution in [0.2, 0.25) is 0 Å². The second kappa shape index (κ2) is 12.9. The van der Waals surface area contributed by atoms with Gasteiger partial charge < -0.3 is 4.42 Å². The molecular formula is C53H34N2O. The van der Waals surface area contributed by atoms with Crippen molar-refractivity contribution in [3.05, 3.63) is 229 Å². The number of furan rings is 1. The number of para-hydroxylation sites is 1. The Labute approximate surface area is 325 Å². The van der Waals surface area contributed by atoms with Crippen molar-refractivity contribution in [2.45, 2.75) is 5.41 Å². The van der Waals surface area contributed by atoms with Crippen LogP contribution in [0.3, 0.4) is 0 Å². The molecule has 0 aliphatic heterocycles. The summed E-state index contributed by atoms with van der Waals surface area (Å²) in [6.07, 6.45) is 0. The van der Waals surface area contributed by atoms with E-state index in [1.807, 2.05) is 36.4 Å². The van der Waals surface area contributed by atoms with Crippen LogP contribution in [0.5, 0.6) is 0 Å². The van der Waals surface area contributed by atoms with E-state index in [4.69, 9.17) is 14.4 Å². The summed E-state index contributed by atoms with van der Waals surface area (Å²) in [6.45, 7) is 0. The summed E-state index contributed by atoms with van der Waals surface area (Å²) in [4.78, 5) is 10.5. The molecule has 8 aromatic carbocycles. The highest BCUT2D eigenvalue weighted by atomic mass is 16.3. The Kier molecular flexibility index (Phi) is 7.39. The Hall–Kier alpha value is -7.36. The molecule has 11 rings (SSSR count). The molecule has 2 aromatic heterocycles. The van der Waals surface area contributed by atoms with E-state index >= 15 is 0 Å². The predicted octanol–water partition coefficient (Wildman–Crippen LogP) is 13.4. The fourth-order valence-electron chi connectivity index (χ4n) is 8.92. The zero-order chi connectivity index (χ0) is 37.1. The number of rotatable bonds is 6. The molecule has 1 aliphatic carbocycles. The normalized spacial score (nSPS) is 12.8. The molecule has 0 spiro atoms. The first kappa shape index (κ1) is 32.1. The lowest BCUT2D eigenvalue weighted by Gasteiger charge is -2.34. The highest BCUT2D eigenvalue weighted by molar-refractivity contribution is 6.12. The lowest BCUT2D eigenvalue weighted by Crippen LogP contribution is -2.28. The number of nitrogens with zero attached hydrogens (tertiary/aromatic N) is 2. The molecular weight excluding hydrogens is 681 g/mol. The van der Waals surface area contributed by atoms with Crippen molar-refractivity contribution in [2.75, 3.05) is 0 Å². The van der Waals surface area contributed by atoms with E-state index in [1.165, 1.54) is 33.4 Å². The average Bonchev–Trinajstić information content (AvgIpc) is 3.81. The molecule has 0 bridgehead atoms. The molecule has 0 fully saturated rings. The Morgan fingerprint density at radius 2 is 0.911 bits per heavy atom. The zero-order valence-electron chi connectivity index (χ0n) is 30.4. The van der Waals surface area contributed by atoms with Gasteiger partial charge in [0.25, 0.3) is 0 Å². The van der Waals surface area contributed by atoms with E-state index in [9.17, 15) is 0 Å². The lowest BCUT2D eigenvalue weighted by atomic mass is 9.67. The monoisotopic (exact) mass is 714 g/mol. The number of hydrogen-bond donors (Lipinski definition) is 0. The summed E-state index contributed by atoms with van der Waals surface area (Å²) in [5.41, 5.74) is 15.8. The summed E-state index contributed by atoms with van der Waals surface area (Å²) in [5, 5.41) is 2.23. The quantitative estimate of drug-likeness (QED) is 0.172. The van der Waals surface area contributed by atoms with Gasteiger partial charge in [-0.25, -0.2) is 9.97 Å². The Balaban J connectivity index is 1.12. The van der Waals surface area contributed by atoms with Crippen LogP contribution in [0, 0.1) is 0 Å². The maximum Gasteiger partial charge on any atom is 0.160 e. The van der Waals surface area contributed by atoms with Crippen LogP contribution in [-0.4, -0.2) is 9.97 Å². The number of aromatic nitrogens is 2. The predicted molar refractivity (Wildman–Crippen MR) is 228 cm³/mol. The van der Waals surface area contributed by atoms with Crippen molar-refractivity contribution in [3.63, 3.8) is 0 Å². The molecule has 262 valence electrons. The molecule has 0 atom stereocenters. The van der Waals surface area contributed by atoms with Crippen molar-refractivity contribution in [3.8, 4) is 56.2 Å². The van der Waals surface area contributed by atoms with Crippen LogP contribution in [0.25, 0.3) is 78.1 Å². The standard InChI is InChI=1S/C53H34N2O/c1-4-16-35(17-5-1)52-54-47(37-19-14-18-36(32-37)41-26-15-29-50-51(41)44-25-11-13-28-49(44)56-50)34-48(55-52)38-30-31-43-42-24-10-12-27-45(42)53(46(43)33-38,39-20-6-2-7-21-39)40-22-8-3-9-23-40/h1-34H. The number of benzene rings is 8. The summed E-state index contributed by atoms with van der Waals surface area (Å²) < 4.78 is 6.26. The fraction of sp³-hybridized carbons (Fsp3) is 0.0189. The average molecular weight is 715 g/mol. The van der Waals surface area contributed by atoms with Crippen molar-refractivity contribution in [1.82, 2.24) is 9.97 Å². The first-order valence-electron chi connectivity index (χ1n) is 19.1. The van der Waals surface area contributed by atoms with Gasteiger partial charge in [-0.2, -0.15) is 0 Å². The van der Waals surface area contributed by atoms with Gasteiger partial charge in [0.15, 0.2) is 5.82 Å². The SMILES string of the molecule is c1ccc(-c2nc(-c3cccc(-c4cccc5oc6ccccc6c45)c3)cc(-c3ccc4c(c3)C(c3ccccc3)(c3ccccc3)c3ccccc3-4)n2)cc1. The molecule has 0 radical (unpaired) electrons. The van der Waals surface area contributed by atoms with Gasteiger partial charge in [-0.05, 0) is 74.8 Å². The molecule has 3 nitrogen and oxygen atoms in total. The molecule has 3 heteroatoms. The van der Waals surface area contributed by atoms with Crippen LogP contribution < -0.4 is 0 Å². The Morgan fingerprint density at radius 3 is 1.68 bits per heavy atom. The zero-order valence-corrected chi connectivity index (χ0v) is 30.4. The molecule has 10 aromatic rings. The molecule has 0 saturated heterocycles. The van der Waals surface area contributed by atoms with Crippen LogP contribution >= 0.6 is 0 Å². The van der Waals surface area contributed by atoms with Gasteiger partial charge in [-0.1, -0.05) is 176 Å². The third kappa shape index (κ3) is 4.98. The third-order valence-corrected chi connectivity index (χ3v) is 11.4. The maximum atomic E-state index is 6.26. The first-order valence-corrected chi connectivity index (χ1v) is 19.1. The number of fused-ring (bicyclic) bond motifs is 6. The molecule has 1 aliphatic rings. The van der Waals surface area contributed by atoms with E-state index in [-0.39, 0.29) is 0 Å². The van der Waals surface area contributed by atoms with Gasteiger partial charge in [-0.3, -0.25) is 0 Å². The highest BCUT2D eigenvalue weighted by Crippen LogP contribution is 2.56. The summed E-state index contributed by atoms with van der Waals surface area (Å²) in [7, 11) is 0. The minimum Gasteiger partial charge on any atom is -0.456 e. The highest BCUT2D eigenvalue weighted by Gasteiger charge is 2.46. The van der Waals surface area contributed by atoms with Gasteiger partial charge in [-0.15, -0.1) is 0 Å². The van der Waals surface area contributed by atoms with E-state index in [0.29, 0.717) is 5.82 Å². The molecule has 56 heavy (non-hydrogen) atoms. The van der Waals surface area contributed by atoms with Gasteiger partial charge in [0, 0.05) is 27.5 Å². The molecule has 0 unspecified atom stereocenters. The minimum atomic E-state index is -0.505. The van der Waals surface area contributed by atoms with Gasteiger partial charge in [0.2, 0.25) is 0 Å². The third-order valence-electron chi connectivity index (χ3n) is 11.4. The molecule has 0 N–H and O–H groups in total. The minimum absolute atomic E-state index is 0.505. The smallest absolute Gasteiger partial charge is 0.160 e. The molecule has 0 amide bonds. The van der Waals surface area contributed by atoms with Crippen LogP contribution in [0.4, 0.5) is 0 Å². The molecule has 0 saturated carbocycles. The van der Waals surface area contributed by atoms with Crippen LogP contribution in [0.15, 0.2) is 211 Å². The van der Waals surface area contributed by atoms with Crippen LogP contribution in [0.1, 0.15) is 22.3 Å². The van der Waals surface area contributed by atoms with E-state index in [0.717, 1.165) is 61.1 Å². The van der Waals surface area contributed by atoms with Crippen molar-refractivity contribution >= 4 is 21.9 Å². The Bertz CT molecular complexity index is 3040. The van der Waals surface area contributed by atoms with Gasteiger partial charge >= 0.3 is 0 Å². The van der Waals surface area contributed by atoms with Crippen molar-refractivity contribution in [2.24, 2.45) is 0 Å². The summed E-state index contributed by atoms with van der Waals surface area (Å²) in [5.74, 6) is 0.688. The van der Waals surface area contributed by atoms with Crippen molar-refractivity contribution < 1.29 is 4.42 Å². The van der Waals surface area contributed by atoms with Crippen LogP contribution in [-0.2, 0) is 5.41 Å². The van der Waals surface area contributed by atoms with Gasteiger partial charge in [0.1, 0.15) is 11.2 Å². The largest absolute Gasteiger partial charge is 0.456 e. The maximum absolute atomic E-state index is 6.26. The molecule has 2 heterocycles. The summed E-state index contributed by atoms with van der Waals surface area (Å²) >= 11 is 0.